The summed E-state index contributed by atoms with van der Waals surface area (Å²) in [5.41, 5.74) is 4.87. The fraction of sp³-hybridized carbons (Fsp3) is 0.250. The van der Waals surface area contributed by atoms with Crippen LogP contribution in [0.4, 0.5) is 0 Å². The van der Waals surface area contributed by atoms with Crippen LogP contribution in [-0.4, -0.2) is 32.3 Å². The number of amides is 1. The Labute approximate surface area is 122 Å². The van der Waals surface area contributed by atoms with Gasteiger partial charge in [0.05, 0.1) is 24.1 Å². The van der Waals surface area contributed by atoms with Gasteiger partial charge in [-0.2, -0.15) is 0 Å². The van der Waals surface area contributed by atoms with Gasteiger partial charge in [-0.25, -0.2) is 4.98 Å². The zero-order valence-corrected chi connectivity index (χ0v) is 11.8. The summed E-state index contributed by atoms with van der Waals surface area (Å²) in [4.78, 5) is 25.4. The van der Waals surface area contributed by atoms with Crippen molar-refractivity contribution >= 4 is 16.8 Å². The van der Waals surface area contributed by atoms with E-state index in [9.17, 15) is 4.79 Å². The van der Waals surface area contributed by atoms with E-state index in [2.05, 4.69) is 15.0 Å². The Kier molecular flexibility index (Phi) is 2.60. The van der Waals surface area contributed by atoms with E-state index < -0.39 is 0 Å². The van der Waals surface area contributed by atoms with Gasteiger partial charge in [-0.15, -0.1) is 0 Å². The quantitative estimate of drug-likeness (QED) is 0.757. The number of carbonyl (C=O) groups excluding carboxylic acids is 1. The van der Waals surface area contributed by atoms with Crippen molar-refractivity contribution in [3.8, 4) is 0 Å². The summed E-state index contributed by atoms with van der Waals surface area (Å²) in [5.74, 6) is 0.0936. The highest BCUT2D eigenvalue weighted by Gasteiger charge is 2.28. The van der Waals surface area contributed by atoms with Crippen molar-refractivity contribution in [1.82, 2.24) is 19.9 Å². The lowest BCUT2D eigenvalue weighted by molar-refractivity contribution is 0.0726. The Hall–Kier alpha value is -2.56. The van der Waals surface area contributed by atoms with E-state index in [1.807, 2.05) is 36.1 Å². The molecule has 0 bridgehead atoms. The summed E-state index contributed by atoms with van der Waals surface area (Å²) in [7, 11) is 0. The number of rotatable bonds is 2. The molecular weight excluding hydrogens is 264 g/mol. The van der Waals surface area contributed by atoms with Crippen LogP contribution >= 0.6 is 0 Å². The number of H-pyrrole nitrogens is 2. The van der Waals surface area contributed by atoms with Gasteiger partial charge in [0, 0.05) is 35.3 Å². The van der Waals surface area contributed by atoms with E-state index in [1.54, 1.807) is 6.33 Å². The largest absolute Gasteiger partial charge is 0.358 e. The highest BCUT2D eigenvalue weighted by molar-refractivity contribution is 6.08. The van der Waals surface area contributed by atoms with Gasteiger partial charge >= 0.3 is 0 Å². The van der Waals surface area contributed by atoms with E-state index in [4.69, 9.17) is 0 Å². The van der Waals surface area contributed by atoms with Crippen LogP contribution < -0.4 is 0 Å². The van der Waals surface area contributed by atoms with Crippen LogP contribution in [0.25, 0.3) is 10.9 Å². The molecule has 3 heterocycles. The predicted octanol–water partition coefficient (Wildman–Crippen LogP) is 2.40. The number of aromatic nitrogens is 3. The molecule has 1 amide bonds. The third-order valence-electron chi connectivity index (χ3n) is 4.19. The second-order valence-corrected chi connectivity index (χ2v) is 5.48. The van der Waals surface area contributed by atoms with Gasteiger partial charge in [0.25, 0.3) is 5.91 Å². The van der Waals surface area contributed by atoms with Gasteiger partial charge in [0.1, 0.15) is 0 Å². The van der Waals surface area contributed by atoms with Crippen LogP contribution in [0.15, 0.2) is 30.6 Å². The van der Waals surface area contributed by atoms with Gasteiger partial charge in [-0.05, 0) is 13.0 Å². The lowest BCUT2D eigenvalue weighted by Crippen LogP contribution is -2.37. The van der Waals surface area contributed by atoms with Crippen LogP contribution in [0.2, 0.25) is 0 Å². The first-order valence-electron chi connectivity index (χ1n) is 7.12. The number of benzene rings is 1. The molecule has 4 rings (SSSR count). The average molecular weight is 280 g/mol. The number of nitrogens with one attached hydrogen (secondary N) is 2. The molecular formula is C16H16N4O. The third-order valence-corrected chi connectivity index (χ3v) is 4.19. The van der Waals surface area contributed by atoms with Gasteiger partial charge < -0.3 is 14.9 Å². The first-order valence-corrected chi connectivity index (χ1v) is 7.12. The smallest absolute Gasteiger partial charge is 0.256 e. The fourth-order valence-corrected chi connectivity index (χ4v) is 3.01. The summed E-state index contributed by atoms with van der Waals surface area (Å²) in [6.07, 6.45) is 2.54. The Morgan fingerprint density at radius 2 is 2.19 bits per heavy atom. The van der Waals surface area contributed by atoms with Crippen molar-refractivity contribution < 1.29 is 4.79 Å². The number of aromatic amines is 2. The highest BCUT2D eigenvalue weighted by Crippen LogP contribution is 2.28. The Bertz CT molecular complexity index is 830. The van der Waals surface area contributed by atoms with E-state index in [0.29, 0.717) is 6.54 Å². The van der Waals surface area contributed by atoms with E-state index in [0.717, 1.165) is 46.5 Å². The molecule has 0 saturated heterocycles. The normalized spacial score (nSPS) is 14.7. The number of nitrogens with zero attached hydrogens (tertiary/aromatic N) is 2. The van der Waals surface area contributed by atoms with Gasteiger partial charge in [-0.1, -0.05) is 18.2 Å². The summed E-state index contributed by atoms with van der Waals surface area (Å²) < 4.78 is 0. The molecule has 21 heavy (non-hydrogen) atoms. The number of carbonyl (C=O) groups is 1. The van der Waals surface area contributed by atoms with Crippen molar-refractivity contribution in [3.05, 3.63) is 53.2 Å². The van der Waals surface area contributed by atoms with Crippen LogP contribution in [0, 0.1) is 6.92 Å². The Morgan fingerprint density at radius 1 is 1.33 bits per heavy atom. The minimum Gasteiger partial charge on any atom is -0.358 e. The van der Waals surface area contributed by atoms with E-state index in [1.165, 1.54) is 0 Å². The first kappa shape index (κ1) is 12.2. The van der Waals surface area contributed by atoms with Crippen molar-refractivity contribution in [2.24, 2.45) is 0 Å². The molecule has 0 unspecified atom stereocenters. The lowest BCUT2D eigenvalue weighted by atomic mass is 10.0. The minimum atomic E-state index is 0.0936. The minimum absolute atomic E-state index is 0.0936. The summed E-state index contributed by atoms with van der Waals surface area (Å²) in [6, 6.07) is 7.98. The SMILES string of the molecule is Cc1[nH]cnc1CN1CCc2[nH]c3ccccc3c2C1=O. The number of imidazole rings is 1. The maximum absolute atomic E-state index is 12.8. The molecule has 106 valence electrons. The van der Waals surface area contributed by atoms with Crippen molar-refractivity contribution in [2.45, 2.75) is 19.9 Å². The molecule has 0 atom stereocenters. The fourth-order valence-electron chi connectivity index (χ4n) is 3.01. The van der Waals surface area contributed by atoms with Crippen molar-refractivity contribution in [1.29, 1.82) is 0 Å². The Balaban J connectivity index is 1.73. The molecule has 0 aliphatic carbocycles. The molecule has 0 radical (unpaired) electrons. The molecule has 2 N–H and O–H groups in total. The topological polar surface area (TPSA) is 64.8 Å². The zero-order chi connectivity index (χ0) is 14.4. The number of fused-ring (bicyclic) bond motifs is 3. The first-order chi connectivity index (χ1) is 10.2. The molecule has 0 fully saturated rings. The molecule has 3 aromatic rings. The third kappa shape index (κ3) is 1.85. The average Bonchev–Trinajstić information content (AvgIpc) is 3.06. The summed E-state index contributed by atoms with van der Waals surface area (Å²) in [6.45, 7) is 3.27. The number of aryl methyl sites for hydroxylation is 1. The zero-order valence-electron chi connectivity index (χ0n) is 11.8. The second-order valence-electron chi connectivity index (χ2n) is 5.48. The van der Waals surface area contributed by atoms with Crippen molar-refractivity contribution in [3.63, 3.8) is 0 Å². The van der Waals surface area contributed by atoms with Crippen LogP contribution in [0.1, 0.15) is 27.4 Å². The maximum atomic E-state index is 12.8. The van der Waals surface area contributed by atoms with Crippen LogP contribution in [0.5, 0.6) is 0 Å². The summed E-state index contributed by atoms with van der Waals surface area (Å²) >= 11 is 0. The van der Waals surface area contributed by atoms with Crippen LogP contribution in [0.3, 0.4) is 0 Å². The molecule has 5 nitrogen and oxygen atoms in total. The summed E-state index contributed by atoms with van der Waals surface area (Å²) in [5, 5.41) is 1.01. The monoisotopic (exact) mass is 280 g/mol. The predicted molar refractivity (Wildman–Crippen MR) is 80.1 cm³/mol. The van der Waals surface area contributed by atoms with Gasteiger partial charge in [0.2, 0.25) is 0 Å². The standard InChI is InChI=1S/C16H16N4O/c1-10-14(18-9-17-10)8-20-7-6-13-15(16(20)21)11-4-2-3-5-12(11)19-13/h2-5,9,19H,6-8H2,1H3,(H,17,18). The molecule has 1 aliphatic heterocycles. The molecule has 0 saturated carbocycles. The number of hydrogen-bond acceptors (Lipinski definition) is 2. The molecule has 0 spiro atoms. The Morgan fingerprint density at radius 3 is 3.00 bits per heavy atom. The van der Waals surface area contributed by atoms with Crippen LogP contribution in [-0.2, 0) is 13.0 Å². The van der Waals surface area contributed by atoms with Gasteiger partial charge in [0.15, 0.2) is 0 Å². The molecule has 5 heteroatoms. The molecule has 2 aromatic heterocycles. The van der Waals surface area contributed by atoms with E-state index in [-0.39, 0.29) is 5.91 Å². The lowest BCUT2D eigenvalue weighted by Gasteiger charge is -2.26. The van der Waals surface area contributed by atoms with Gasteiger partial charge in [-0.3, -0.25) is 4.79 Å². The highest BCUT2D eigenvalue weighted by atomic mass is 16.2. The molecule has 1 aromatic carbocycles. The second kappa shape index (κ2) is 4.48. The van der Waals surface area contributed by atoms with Crippen molar-refractivity contribution in [2.75, 3.05) is 6.54 Å². The number of para-hydroxylation sites is 1. The molecule has 1 aliphatic rings. The number of hydrogen-bond donors (Lipinski definition) is 2. The van der Waals surface area contributed by atoms with E-state index >= 15 is 0 Å². The maximum Gasteiger partial charge on any atom is 0.256 e.